The predicted molar refractivity (Wildman–Crippen MR) is 59.4 cm³/mol. The number of nitrogens with one attached hydrogen (secondary N) is 1. The fraction of sp³-hybridized carbons (Fsp3) is 0.909. The van der Waals surface area contributed by atoms with E-state index in [4.69, 9.17) is 5.73 Å². The van der Waals surface area contributed by atoms with E-state index >= 15 is 0 Å². The Morgan fingerprint density at radius 3 is 2.80 bits per heavy atom. The Bertz CT molecular complexity index is 226. The molecule has 0 radical (unpaired) electrons. The van der Waals surface area contributed by atoms with Crippen LogP contribution in [0.4, 0.5) is 0 Å². The molecule has 0 bridgehead atoms. The summed E-state index contributed by atoms with van der Waals surface area (Å²) in [6, 6.07) is 0.246. The molecule has 2 aliphatic heterocycles. The van der Waals surface area contributed by atoms with E-state index in [-0.39, 0.29) is 18.0 Å². The fourth-order valence-corrected chi connectivity index (χ4v) is 2.49. The maximum atomic E-state index is 12.1. The first-order valence-electron chi connectivity index (χ1n) is 6.05. The fourth-order valence-electron chi connectivity index (χ4n) is 2.49. The van der Waals surface area contributed by atoms with E-state index in [1.165, 1.54) is 12.8 Å². The van der Waals surface area contributed by atoms with Crippen molar-refractivity contribution in [2.75, 3.05) is 19.6 Å². The molecule has 0 aromatic carbocycles. The van der Waals surface area contributed by atoms with Crippen LogP contribution in [0.25, 0.3) is 0 Å². The first-order chi connectivity index (χ1) is 7.27. The van der Waals surface area contributed by atoms with Gasteiger partial charge in [-0.25, -0.2) is 0 Å². The van der Waals surface area contributed by atoms with Gasteiger partial charge in [0.2, 0.25) is 5.91 Å². The number of piperidine rings is 2. The van der Waals surface area contributed by atoms with Crippen molar-refractivity contribution in [1.29, 1.82) is 0 Å². The Balaban J connectivity index is 1.88. The summed E-state index contributed by atoms with van der Waals surface area (Å²) >= 11 is 0. The highest BCUT2D eigenvalue weighted by Crippen LogP contribution is 2.14. The van der Waals surface area contributed by atoms with E-state index in [1.54, 1.807) is 0 Å². The monoisotopic (exact) mass is 211 g/mol. The highest BCUT2D eigenvalue weighted by Gasteiger charge is 2.28. The summed E-state index contributed by atoms with van der Waals surface area (Å²) < 4.78 is 0. The third-order valence-corrected chi connectivity index (χ3v) is 3.38. The van der Waals surface area contributed by atoms with Crippen molar-refractivity contribution >= 4 is 5.91 Å². The minimum atomic E-state index is 0.0593. The molecular weight excluding hydrogens is 190 g/mol. The zero-order valence-electron chi connectivity index (χ0n) is 9.24. The van der Waals surface area contributed by atoms with Gasteiger partial charge < -0.3 is 16.0 Å². The lowest BCUT2D eigenvalue weighted by atomic mass is 10.0. The second-order valence-corrected chi connectivity index (χ2v) is 4.69. The Morgan fingerprint density at radius 1 is 1.27 bits per heavy atom. The third kappa shape index (κ3) is 2.69. The smallest absolute Gasteiger partial charge is 0.239 e. The third-order valence-electron chi connectivity index (χ3n) is 3.38. The zero-order valence-corrected chi connectivity index (χ0v) is 9.24. The van der Waals surface area contributed by atoms with Gasteiger partial charge in [-0.1, -0.05) is 6.42 Å². The summed E-state index contributed by atoms with van der Waals surface area (Å²) in [7, 11) is 0. The Hall–Kier alpha value is -0.610. The van der Waals surface area contributed by atoms with Gasteiger partial charge in [0, 0.05) is 19.1 Å². The molecule has 0 aliphatic carbocycles. The van der Waals surface area contributed by atoms with Crippen LogP contribution in [0.5, 0.6) is 0 Å². The van der Waals surface area contributed by atoms with Crippen molar-refractivity contribution < 1.29 is 4.79 Å². The summed E-state index contributed by atoms with van der Waals surface area (Å²) in [5.74, 6) is 0.268. The molecule has 2 saturated heterocycles. The van der Waals surface area contributed by atoms with E-state index in [2.05, 4.69) is 5.32 Å². The summed E-state index contributed by atoms with van der Waals surface area (Å²) in [4.78, 5) is 14.0. The summed E-state index contributed by atoms with van der Waals surface area (Å²) in [6.45, 7) is 2.62. The number of carbonyl (C=O) groups is 1. The second-order valence-electron chi connectivity index (χ2n) is 4.69. The lowest BCUT2D eigenvalue weighted by Gasteiger charge is -2.34. The van der Waals surface area contributed by atoms with Crippen molar-refractivity contribution in [3.63, 3.8) is 0 Å². The Labute approximate surface area is 91.2 Å². The van der Waals surface area contributed by atoms with Gasteiger partial charge >= 0.3 is 0 Å². The van der Waals surface area contributed by atoms with Crippen LogP contribution in [-0.4, -0.2) is 42.5 Å². The van der Waals surface area contributed by atoms with Gasteiger partial charge in [0.15, 0.2) is 0 Å². The highest BCUT2D eigenvalue weighted by atomic mass is 16.2. The molecule has 2 fully saturated rings. The first-order valence-corrected chi connectivity index (χ1v) is 6.05. The number of nitrogens with zero attached hydrogens (tertiary/aromatic N) is 1. The van der Waals surface area contributed by atoms with Crippen LogP contribution < -0.4 is 11.1 Å². The van der Waals surface area contributed by atoms with Gasteiger partial charge in [-0.05, 0) is 32.2 Å². The Kier molecular flexibility index (Phi) is 3.59. The van der Waals surface area contributed by atoms with Gasteiger partial charge in [0.1, 0.15) is 0 Å². The molecule has 3 N–H and O–H groups in total. The summed E-state index contributed by atoms with van der Waals surface area (Å²) in [6.07, 6.45) is 5.47. The van der Waals surface area contributed by atoms with Crippen LogP contribution in [-0.2, 0) is 4.79 Å². The van der Waals surface area contributed by atoms with Crippen LogP contribution in [0.1, 0.15) is 32.1 Å². The molecule has 1 amide bonds. The number of amides is 1. The molecule has 0 unspecified atom stereocenters. The number of nitrogens with two attached hydrogens (primary N) is 1. The molecule has 0 spiro atoms. The van der Waals surface area contributed by atoms with Crippen LogP contribution in [0.15, 0.2) is 0 Å². The second kappa shape index (κ2) is 4.94. The first kappa shape index (κ1) is 10.9. The largest absolute Gasteiger partial charge is 0.340 e. The average molecular weight is 211 g/mol. The predicted octanol–water partition coefficient (Wildman–Crippen LogP) is 0.0782. The molecule has 2 atom stereocenters. The van der Waals surface area contributed by atoms with Crippen molar-refractivity contribution in [3.05, 3.63) is 0 Å². The van der Waals surface area contributed by atoms with E-state index in [0.29, 0.717) is 0 Å². The number of hydrogen-bond donors (Lipinski definition) is 2. The average Bonchev–Trinajstić information content (AvgIpc) is 2.29. The van der Waals surface area contributed by atoms with E-state index in [9.17, 15) is 4.79 Å². The standard InChI is InChI=1S/C11H21N3O/c12-9-4-3-7-14(8-9)11(15)10-5-1-2-6-13-10/h9-10,13H,1-8,12H2/t9-,10+/m1/s1. The molecule has 86 valence electrons. The molecule has 0 saturated carbocycles. The van der Waals surface area contributed by atoms with Gasteiger partial charge in [0.05, 0.1) is 6.04 Å². The van der Waals surface area contributed by atoms with Crippen molar-refractivity contribution in [2.45, 2.75) is 44.2 Å². The number of likely N-dealkylation sites (tertiary alicyclic amines) is 1. The van der Waals surface area contributed by atoms with Crippen molar-refractivity contribution in [2.24, 2.45) is 5.73 Å². The van der Waals surface area contributed by atoms with Crippen LogP contribution in [0.3, 0.4) is 0 Å². The normalized spacial score (nSPS) is 32.7. The molecule has 0 aromatic rings. The lowest BCUT2D eigenvalue weighted by Crippen LogP contribution is -2.53. The molecule has 4 nitrogen and oxygen atoms in total. The van der Waals surface area contributed by atoms with Gasteiger partial charge in [-0.2, -0.15) is 0 Å². The lowest BCUT2D eigenvalue weighted by molar-refractivity contribution is -0.135. The molecule has 2 heterocycles. The number of hydrogen-bond acceptors (Lipinski definition) is 3. The maximum absolute atomic E-state index is 12.1. The van der Waals surface area contributed by atoms with Crippen molar-refractivity contribution in [1.82, 2.24) is 10.2 Å². The quantitative estimate of drug-likeness (QED) is 0.645. The summed E-state index contributed by atoms with van der Waals surface area (Å²) in [5, 5.41) is 3.30. The molecule has 15 heavy (non-hydrogen) atoms. The molecule has 2 rings (SSSR count). The molecule has 4 heteroatoms. The molecule has 0 aromatic heterocycles. The molecule has 2 aliphatic rings. The number of carbonyl (C=O) groups excluding carboxylic acids is 1. The van der Waals surface area contributed by atoms with E-state index < -0.39 is 0 Å². The minimum absolute atomic E-state index is 0.0593. The van der Waals surface area contributed by atoms with Crippen molar-refractivity contribution in [3.8, 4) is 0 Å². The topological polar surface area (TPSA) is 58.4 Å². The van der Waals surface area contributed by atoms with Crippen LogP contribution in [0, 0.1) is 0 Å². The summed E-state index contributed by atoms with van der Waals surface area (Å²) in [5.41, 5.74) is 5.88. The van der Waals surface area contributed by atoms with E-state index in [0.717, 1.165) is 38.9 Å². The number of rotatable bonds is 1. The van der Waals surface area contributed by atoms with Gasteiger partial charge in [-0.15, -0.1) is 0 Å². The maximum Gasteiger partial charge on any atom is 0.239 e. The van der Waals surface area contributed by atoms with E-state index in [1.807, 2.05) is 4.90 Å². The van der Waals surface area contributed by atoms with Crippen LogP contribution in [0.2, 0.25) is 0 Å². The van der Waals surface area contributed by atoms with Crippen LogP contribution >= 0.6 is 0 Å². The van der Waals surface area contributed by atoms with Gasteiger partial charge in [0.25, 0.3) is 0 Å². The Morgan fingerprint density at radius 2 is 2.13 bits per heavy atom. The van der Waals surface area contributed by atoms with Gasteiger partial charge in [-0.3, -0.25) is 4.79 Å². The minimum Gasteiger partial charge on any atom is -0.340 e. The SMILES string of the molecule is N[C@@H]1CCCN(C(=O)[C@@H]2CCCCN2)C1. The highest BCUT2D eigenvalue weighted by molar-refractivity contribution is 5.82. The molecular formula is C11H21N3O. The zero-order chi connectivity index (χ0) is 10.7.